The van der Waals surface area contributed by atoms with Gasteiger partial charge in [0.2, 0.25) is 0 Å². The van der Waals surface area contributed by atoms with Crippen molar-refractivity contribution in [2.75, 3.05) is 6.61 Å². The third-order valence-electron chi connectivity index (χ3n) is 1.11. The maximum Gasteiger partial charge on any atom is 0.120 e. The van der Waals surface area contributed by atoms with E-state index in [0.717, 1.165) is 5.75 Å². The molecular formula is C9H8ClO. The molecule has 2 heteroatoms. The Morgan fingerprint density at radius 2 is 2.45 bits per heavy atom. The van der Waals surface area contributed by atoms with E-state index >= 15 is 0 Å². The lowest BCUT2D eigenvalue weighted by Gasteiger charge is -2.00. The van der Waals surface area contributed by atoms with Crippen LogP contribution in [0.15, 0.2) is 30.9 Å². The molecule has 0 aliphatic heterocycles. The molecule has 1 rings (SSSR count). The fourth-order valence-corrected chi connectivity index (χ4v) is 0.754. The molecule has 0 heterocycles. The van der Waals surface area contributed by atoms with Crippen LogP contribution < -0.4 is 4.74 Å². The van der Waals surface area contributed by atoms with E-state index in [0.29, 0.717) is 11.6 Å². The molecule has 11 heavy (non-hydrogen) atoms. The van der Waals surface area contributed by atoms with Crippen LogP contribution >= 0.6 is 11.6 Å². The van der Waals surface area contributed by atoms with Crippen molar-refractivity contribution in [2.24, 2.45) is 0 Å². The van der Waals surface area contributed by atoms with Crippen molar-refractivity contribution >= 4 is 11.6 Å². The smallest absolute Gasteiger partial charge is 0.120 e. The van der Waals surface area contributed by atoms with Gasteiger partial charge in [-0.1, -0.05) is 24.3 Å². The summed E-state index contributed by atoms with van der Waals surface area (Å²) >= 11 is 5.61. The highest BCUT2D eigenvalue weighted by molar-refractivity contribution is 6.30. The van der Waals surface area contributed by atoms with Crippen LogP contribution in [0, 0.1) is 6.07 Å². The molecule has 1 nitrogen and oxygen atoms in total. The summed E-state index contributed by atoms with van der Waals surface area (Å²) in [5, 5.41) is 0.593. The number of benzene rings is 1. The van der Waals surface area contributed by atoms with Crippen LogP contribution in [0.25, 0.3) is 0 Å². The van der Waals surface area contributed by atoms with Crippen LogP contribution in [0.4, 0.5) is 0 Å². The van der Waals surface area contributed by atoms with E-state index in [1.165, 1.54) is 0 Å². The average molecular weight is 168 g/mol. The molecule has 1 aromatic rings. The molecule has 0 aromatic heterocycles. The van der Waals surface area contributed by atoms with Gasteiger partial charge in [0.1, 0.15) is 12.4 Å². The third-order valence-corrected chi connectivity index (χ3v) is 1.35. The van der Waals surface area contributed by atoms with Crippen LogP contribution in [0.3, 0.4) is 0 Å². The Bertz CT molecular complexity index is 228. The molecule has 1 radical (unpaired) electrons. The van der Waals surface area contributed by atoms with E-state index in [2.05, 4.69) is 12.6 Å². The predicted molar refractivity (Wildman–Crippen MR) is 46.0 cm³/mol. The molecule has 0 aliphatic rings. The second kappa shape index (κ2) is 4.04. The van der Waals surface area contributed by atoms with E-state index in [4.69, 9.17) is 16.3 Å². The zero-order valence-corrected chi connectivity index (χ0v) is 6.77. The largest absolute Gasteiger partial charge is 0.490 e. The highest BCUT2D eigenvalue weighted by atomic mass is 35.5. The fraction of sp³-hybridized carbons (Fsp3) is 0.111. The molecule has 0 unspecified atom stereocenters. The average Bonchev–Trinajstić information content (AvgIpc) is 2.04. The third kappa shape index (κ3) is 2.64. The second-order valence-corrected chi connectivity index (χ2v) is 2.38. The quantitative estimate of drug-likeness (QED) is 0.629. The Kier molecular flexibility index (Phi) is 2.99. The molecule has 1 aromatic carbocycles. The van der Waals surface area contributed by atoms with E-state index < -0.39 is 0 Å². The number of halogens is 1. The van der Waals surface area contributed by atoms with Gasteiger partial charge in [-0.3, -0.25) is 0 Å². The summed E-state index contributed by atoms with van der Waals surface area (Å²) in [4.78, 5) is 0. The topological polar surface area (TPSA) is 9.23 Å². The summed E-state index contributed by atoms with van der Waals surface area (Å²) in [5.41, 5.74) is 0. The van der Waals surface area contributed by atoms with Crippen molar-refractivity contribution in [3.05, 3.63) is 41.9 Å². The molecule has 0 atom stereocenters. The highest BCUT2D eigenvalue weighted by Gasteiger charge is 1.90. The monoisotopic (exact) mass is 167 g/mol. The minimum absolute atomic E-state index is 0.509. The van der Waals surface area contributed by atoms with Gasteiger partial charge in [0.15, 0.2) is 0 Å². The lowest BCUT2D eigenvalue weighted by Crippen LogP contribution is -1.91. The first-order valence-corrected chi connectivity index (χ1v) is 3.61. The van der Waals surface area contributed by atoms with Crippen LogP contribution in [0.1, 0.15) is 0 Å². The zero-order chi connectivity index (χ0) is 8.10. The summed E-state index contributed by atoms with van der Waals surface area (Å²) in [5.74, 6) is 0.759. The molecule has 0 saturated carbocycles. The Hall–Kier alpha value is -0.950. The second-order valence-electron chi connectivity index (χ2n) is 1.97. The van der Waals surface area contributed by atoms with Crippen LogP contribution in [0.2, 0.25) is 5.02 Å². The van der Waals surface area contributed by atoms with Crippen molar-refractivity contribution in [2.45, 2.75) is 0 Å². The summed E-state index contributed by atoms with van der Waals surface area (Å²) < 4.78 is 5.20. The van der Waals surface area contributed by atoms with Crippen LogP contribution in [-0.4, -0.2) is 6.61 Å². The predicted octanol–water partition coefficient (Wildman–Crippen LogP) is 2.70. The SMILES string of the molecule is C=CCOc1c[c]c(Cl)cc1. The fourth-order valence-electron chi connectivity index (χ4n) is 0.637. The molecule has 0 N–H and O–H groups in total. The molecule has 0 bridgehead atoms. The van der Waals surface area contributed by atoms with E-state index in [1.54, 1.807) is 24.3 Å². The number of hydrogen-bond acceptors (Lipinski definition) is 1. The maximum atomic E-state index is 5.61. The molecule has 0 saturated heterocycles. The first-order valence-electron chi connectivity index (χ1n) is 3.24. The Labute approximate surface area is 71.3 Å². The maximum absolute atomic E-state index is 5.61. The van der Waals surface area contributed by atoms with E-state index in [-0.39, 0.29) is 0 Å². The Balaban J connectivity index is 2.58. The van der Waals surface area contributed by atoms with E-state index in [1.807, 2.05) is 0 Å². The highest BCUT2D eigenvalue weighted by Crippen LogP contribution is 2.14. The van der Waals surface area contributed by atoms with Gasteiger partial charge < -0.3 is 4.74 Å². The Morgan fingerprint density at radius 1 is 1.64 bits per heavy atom. The van der Waals surface area contributed by atoms with E-state index in [9.17, 15) is 0 Å². The molecule has 0 spiro atoms. The van der Waals surface area contributed by atoms with Gasteiger partial charge in [-0.05, 0) is 18.2 Å². The van der Waals surface area contributed by atoms with Crippen LogP contribution in [-0.2, 0) is 0 Å². The zero-order valence-electron chi connectivity index (χ0n) is 6.01. The minimum atomic E-state index is 0.509. The first kappa shape index (κ1) is 8.15. The van der Waals surface area contributed by atoms with Gasteiger partial charge >= 0.3 is 0 Å². The standard InChI is InChI=1S/C9H8ClO/c1-2-7-11-9-5-3-8(10)4-6-9/h2-3,5-6H,1,7H2. The summed E-state index contributed by atoms with van der Waals surface area (Å²) in [7, 11) is 0. The molecule has 0 aliphatic carbocycles. The molecular weight excluding hydrogens is 160 g/mol. The lowest BCUT2D eigenvalue weighted by molar-refractivity contribution is 0.363. The van der Waals surface area contributed by atoms with Crippen molar-refractivity contribution < 1.29 is 4.74 Å². The van der Waals surface area contributed by atoms with Gasteiger partial charge in [-0.15, -0.1) is 0 Å². The van der Waals surface area contributed by atoms with Crippen molar-refractivity contribution in [3.8, 4) is 5.75 Å². The molecule has 57 valence electrons. The first-order chi connectivity index (χ1) is 5.33. The van der Waals surface area contributed by atoms with Crippen molar-refractivity contribution in [3.63, 3.8) is 0 Å². The van der Waals surface area contributed by atoms with Gasteiger partial charge in [0.25, 0.3) is 0 Å². The van der Waals surface area contributed by atoms with Crippen molar-refractivity contribution in [1.29, 1.82) is 0 Å². The molecule has 0 amide bonds. The van der Waals surface area contributed by atoms with Gasteiger partial charge in [0.05, 0.1) is 0 Å². The summed E-state index contributed by atoms with van der Waals surface area (Å²) in [6.45, 7) is 4.04. The van der Waals surface area contributed by atoms with Gasteiger partial charge in [-0.25, -0.2) is 0 Å². The summed E-state index contributed by atoms with van der Waals surface area (Å²) in [6.07, 6.45) is 1.69. The van der Waals surface area contributed by atoms with Gasteiger partial charge in [-0.2, -0.15) is 0 Å². The van der Waals surface area contributed by atoms with Gasteiger partial charge in [0, 0.05) is 11.1 Å². The number of ether oxygens (including phenoxy) is 1. The number of hydrogen-bond donors (Lipinski definition) is 0. The Morgan fingerprint density at radius 3 is 3.00 bits per heavy atom. The number of rotatable bonds is 3. The minimum Gasteiger partial charge on any atom is -0.490 e. The van der Waals surface area contributed by atoms with Crippen LogP contribution in [0.5, 0.6) is 5.75 Å². The normalized spacial score (nSPS) is 9.18. The molecule has 0 fully saturated rings. The van der Waals surface area contributed by atoms with Crippen molar-refractivity contribution in [1.82, 2.24) is 0 Å². The lowest BCUT2D eigenvalue weighted by atomic mass is 10.3. The summed E-state index contributed by atoms with van der Waals surface area (Å²) in [6, 6.07) is 8.05.